The molecule has 0 heterocycles. The molecule has 0 heteroatoms. The Morgan fingerprint density at radius 2 is 0.714 bits per heavy atom. The molecule has 0 aliphatic heterocycles. The van der Waals surface area contributed by atoms with Gasteiger partial charge in [-0.2, -0.15) is 0 Å². The molecule has 0 unspecified atom stereocenters. The van der Waals surface area contributed by atoms with E-state index in [0.29, 0.717) is 0 Å². The molecular weight excluding hydrogens is 589 g/mol. The third-order valence-electron chi connectivity index (χ3n) is 10.5. The second kappa shape index (κ2) is 11.2. The van der Waals surface area contributed by atoms with E-state index in [1.165, 1.54) is 99.1 Å². The van der Waals surface area contributed by atoms with Gasteiger partial charge in [0.1, 0.15) is 0 Å². The number of hydrogen-bond donors (Lipinski definition) is 0. The van der Waals surface area contributed by atoms with Gasteiger partial charge in [-0.25, -0.2) is 0 Å². The van der Waals surface area contributed by atoms with Gasteiger partial charge in [0.2, 0.25) is 0 Å². The van der Waals surface area contributed by atoms with Crippen molar-refractivity contribution in [2.45, 2.75) is 6.42 Å². The molecule has 1 aliphatic carbocycles. The van der Waals surface area contributed by atoms with Crippen molar-refractivity contribution >= 4 is 32.3 Å². The zero-order valence-corrected chi connectivity index (χ0v) is 27.0. The Hall–Kier alpha value is -6.24. The van der Waals surface area contributed by atoms with Gasteiger partial charge in [0.25, 0.3) is 0 Å². The second-order valence-electron chi connectivity index (χ2n) is 13.3. The minimum absolute atomic E-state index is 0.950. The Kier molecular flexibility index (Phi) is 6.35. The SMILES string of the molecule is c1ccc(-c2ccc(-c3cccc(-c4cccc5c4Cc4ccc(-c6ccc7c8ccccc8c8ccccc8c7c6)cc4-5)c3)cc2)cc1. The predicted octanol–water partition coefficient (Wildman–Crippen LogP) is 13.4. The molecule has 228 valence electrons. The van der Waals surface area contributed by atoms with E-state index in [2.05, 4.69) is 182 Å². The highest BCUT2D eigenvalue weighted by atomic mass is 14.3. The van der Waals surface area contributed by atoms with E-state index in [1.54, 1.807) is 0 Å². The zero-order chi connectivity index (χ0) is 32.3. The molecule has 0 radical (unpaired) electrons. The Balaban J connectivity index is 1.02. The summed E-state index contributed by atoms with van der Waals surface area (Å²) in [5.74, 6) is 0. The highest BCUT2D eigenvalue weighted by molar-refractivity contribution is 6.25. The molecule has 1 aliphatic rings. The summed E-state index contributed by atoms with van der Waals surface area (Å²) >= 11 is 0. The standard InChI is InChI=1S/C49H32/c1-2-10-32(11-3-1)33-20-22-34(23-21-33)35-12-8-13-38(28-35)40-18-9-19-45-47-29-36(24-25-39(47)31-48(40)45)37-26-27-46-43-16-5-4-14-41(43)42-15-6-7-17-44(42)49(46)30-37/h1-30H,31H2. The molecule has 9 aromatic rings. The van der Waals surface area contributed by atoms with Crippen molar-refractivity contribution in [3.8, 4) is 55.6 Å². The summed E-state index contributed by atoms with van der Waals surface area (Å²) < 4.78 is 0. The third-order valence-corrected chi connectivity index (χ3v) is 10.5. The van der Waals surface area contributed by atoms with Gasteiger partial charge in [-0.05, 0) is 124 Å². The van der Waals surface area contributed by atoms with Crippen molar-refractivity contribution in [3.63, 3.8) is 0 Å². The molecule has 0 spiro atoms. The van der Waals surface area contributed by atoms with Gasteiger partial charge in [-0.15, -0.1) is 0 Å². The minimum Gasteiger partial charge on any atom is -0.0622 e. The summed E-state index contributed by atoms with van der Waals surface area (Å²) in [6.45, 7) is 0. The molecule has 10 rings (SSSR count). The smallest absolute Gasteiger partial charge is 0.000728 e. The second-order valence-corrected chi connectivity index (χ2v) is 13.3. The first-order valence-corrected chi connectivity index (χ1v) is 17.1. The molecule has 0 N–H and O–H groups in total. The summed E-state index contributed by atoms with van der Waals surface area (Å²) in [5.41, 5.74) is 15.6. The summed E-state index contributed by atoms with van der Waals surface area (Å²) in [6.07, 6.45) is 0.950. The summed E-state index contributed by atoms with van der Waals surface area (Å²) in [5, 5.41) is 7.87. The van der Waals surface area contributed by atoms with Crippen LogP contribution in [0.15, 0.2) is 182 Å². The average Bonchev–Trinajstić information content (AvgIpc) is 3.56. The van der Waals surface area contributed by atoms with Crippen molar-refractivity contribution in [1.82, 2.24) is 0 Å². The van der Waals surface area contributed by atoms with Gasteiger partial charge in [-0.1, -0.05) is 164 Å². The number of benzene rings is 9. The van der Waals surface area contributed by atoms with E-state index in [1.807, 2.05) is 0 Å². The Bertz CT molecular complexity index is 2680. The van der Waals surface area contributed by atoms with Gasteiger partial charge >= 0.3 is 0 Å². The Labute approximate surface area is 286 Å². The van der Waals surface area contributed by atoms with Crippen molar-refractivity contribution < 1.29 is 0 Å². The largest absolute Gasteiger partial charge is 0.0622 e. The fraction of sp³-hybridized carbons (Fsp3) is 0.0204. The maximum absolute atomic E-state index is 2.42. The van der Waals surface area contributed by atoms with Crippen LogP contribution in [0, 0.1) is 0 Å². The first-order valence-electron chi connectivity index (χ1n) is 17.1. The van der Waals surface area contributed by atoms with Crippen molar-refractivity contribution in [3.05, 3.63) is 193 Å². The van der Waals surface area contributed by atoms with E-state index in [4.69, 9.17) is 0 Å². The van der Waals surface area contributed by atoms with Crippen LogP contribution in [-0.4, -0.2) is 0 Å². The van der Waals surface area contributed by atoms with Crippen LogP contribution in [-0.2, 0) is 6.42 Å². The first kappa shape index (κ1) is 27.8. The molecule has 0 atom stereocenters. The molecule has 49 heavy (non-hydrogen) atoms. The summed E-state index contributed by atoms with van der Waals surface area (Å²) in [4.78, 5) is 0. The minimum atomic E-state index is 0.950. The molecule has 0 amide bonds. The topological polar surface area (TPSA) is 0 Å². The lowest BCUT2D eigenvalue weighted by atomic mass is 9.91. The fourth-order valence-electron chi connectivity index (χ4n) is 8.09. The number of fused-ring (bicyclic) bond motifs is 9. The van der Waals surface area contributed by atoms with Crippen molar-refractivity contribution in [2.24, 2.45) is 0 Å². The van der Waals surface area contributed by atoms with Crippen LogP contribution in [0.25, 0.3) is 88.0 Å². The molecule has 0 bridgehead atoms. The van der Waals surface area contributed by atoms with E-state index in [0.717, 1.165) is 6.42 Å². The van der Waals surface area contributed by atoms with Gasteiger partial charge in [0.15, 0.2) is 0 Å². The number of hydrogen-bond acceptors (Lipinski definition) is 0. The highest BCUT2D eigenvalue weighted by Gasteiger charge is 2.22. The van der Waals surface area contributed by atoms with Crippen LogP contribution in [0.5, 0.6) is 0 Å². The zero-order valence-electron chi connectivity index (χ0n) is 27.0. The first-order chi connectivity index (χ1) is 24.3. The molecule has 9 aromatic carbocycles. The molecule has 0 aromatic heterocycles. The maximum atomic E-state index is 2.42. The Morgan fingerprint density at radius 1 is 0.245 bits per heavy atom. The van der Waals surface area contributed by atoms with Gasteiger partial charge in [0.05, 0.1) is 0 Å². The monoisotopic (exact) mass is 620 g/mol. The third kappa shape index (κ3) is 4.60. The molecule has 0 saturated heterocycles. The van der Waals surface area contributed by atoms with Crippen LogP contribution in [0.2, 0.25) is 0 Å². The molecular formula is C49H32. The van der Waals surface area contributed by atoms with E-state index in [9.17, 15) is 0 Å². The van der Waals surface area contributed by atoms with Crippen LogP contribution in [0.4, 0.5) is 0 Å². The predicted molar refractivity (Wildman–Crippen MR) is 209 cm³/mol. The van der Waals surface area contributed by atoms with Crippen LogP contribution in [0.3, 0.4) is 0 Å². The molecule has 0 nitrogen and oxygen atoms in total. The number of rotatable bonds is 4. The summed E-state index contributed by atoms with van der Waals surface area (Å²) in [7, 11) is 0. The van der Waals surface area contributed by atoms with Gasteiger partial charge in [-0.3, -0.25) is 0 Å². The van der Waals surface area contributed by atoms with Crippen molar-refractivity contribution in [2.75, 3.05) is 0 Å². The Morgan fingerprint density at radius 3 is 1.45 bits per heavy atom. The average molecular weight is 621 g/mol. The van der Waals surface area contributed by atoms with E-state index >= 15 is 0 Å². The quantitative estimate of drug-likeness (QED) is 0.172. The normalized spacial score (nSPS) is 12.0. The van der Waals surface area contributed by atoms with E-state index < -0.39 is 0 Å². The lowest BCUT2D eigenvalue weighted by Gasteiger charge is -2.13. The van der Waals surface area contributed by atoms with Crippen LogP contribution in [0.1, 0.15) is 11.1 Å². The maximum Gasteiger partial charge on any atom is -0.000728 e. The lowest BCUT2D eigenvalue weighted by Crippen LogP contribution is -1.89. The van der Waals surface area contributed by atoms with Crippen LogP contribution < -0.4 is 0 Å². The van der Waals surface area contributed by atoms with Gasteiger partial charge in [0, 0.05) is 0 Å². The highest BCUT2D eigenvalue weighted by Crippen LogP contribution is 2.44. The molecule has 0 saturated carbocycles. The lowest BCUT2D eigenvalue weighted by molar-refractivity contribution is 1.26. The molecule has 0 fully saturated rings. The van der Waals surface area contributed by atoms with Crippen LogP contribution >= 0.6 is 0 Å². The summed E-state index contributed by atoms with van der Waals surface area (Å²) in [6, 6.07) is 67.1. The van der Waals surface area contributed by atoms with Crippen molar-refractivity contribution in [1.29, 1.82) is 0 Å². The van der Waals surface area contributed by atoms with Gasteiger partial charge < -0.3 is 0 Å². The van der Waals surface area contributed by atoms with E-state index in [-0.39, 0.29) is 0 Å². The fourth-order valence-corrected chi connectivity index (χ4v) is 8.09.